The Bertz CT molecular complexity index is 585. The summed E-state index contributed by atoms with van der Waals surface area (Å²) in [6.07, 6.45) is 0.200. The van der Waals surface area contributed by atoms with Crippen LogP contribution >= 0.6 is 22.9 Å². The number of nitrogens with zero attached hydrogens (tertiary/aromatic N) is 1. The van der Waals surface area contributed by atoms with E-state index in [2.05, 4.69) is 4.98 Å². The summed E-state index contributed by atoms with van der Waals surface area (Å²) in [7, 11) is 0. The molecule has 1 aromatic carbocycles. The van der Waals surface area contributed by atoms with Crippen LogP contribution in [0.5, 0.6) is 0 Å². The highest BCUT2D eigenvalue weighted by Gasteiger charge is 2.10. The Kier molecular flexibility index (Phi) is 3.93. The standard InChI is InChI=1S/C12H9ClFNO2S/c13-9-3-1-2-7(12(9)14)4-10-15-8(6-18-10)5-11(16)17/h1-3,6H,4-5H2,(H,16,17). The summed E-state index contributed by atoms with van der Waals surface area (Å²) in [5.74, 6) is -1.38. The van der Waals surface area contributed by atoms with Crippen molar-refractivity contribution in [3.05, 3.63) is 50.7 Å². The van der Waals surface area contributed by atoms with Crippen molar-refractivity contribution in [3.63, 3.8) is 0 Å². The molecule has 1 N–H and O–H groups in total. The molecule has 1 aromatic heterocycles. The van der Waals surface area contributed by atoms with E-state index in [1.807, 2.05) is 0 Å². The molecule has 0 radical (unpaired) electrons. The first-order valence-corrected chi connectivity index (χ1v) is 6.40. The Balaban J connectivity index is 2.16. The van der Waals surface area contributed by atoms with Crippen molar-refractivity contribution < 1.29 is 14.3 Å². The monoisotopic (exact) mass is 285 g/mol. The number of aliphatic carboxylic acids is 1. The van der Waals surface area contributed by atoms with Gasteiger partial charge in [0.05, 0.1) is 22.1 Å². The zero-order chi connectivity index (χ0) is 13.1. The average molecular weight is 286 g/mol. The van der Waals surface area contributed by atoms with Crippen LogP contribution in [0, 0.1) is 5.82 Å². The molecule has 0 aliphatic rings. The number of benzene rings is 1. The van der Waals surface area contributed by atoms with E-state index in [9.17, 15) is 9.18 Å². The molecule has 2 rings (SSSR count). The van der Waals surface area contributed by atoms with Crippen LogP contribution < -0.4 is 0 Å². The van der Waals surface area contributed by atoms with Gasteiger partial charge in [-0.3, -0.25) is 4.79 Å². The average Bonchev–Trinajstić information content (AvgIpc) is 2.71. The van der Waals surface area contributed by atoms with Crippen LogP contribution in [0.4, 0.5) is 4.39 Å². The number of rotatable bonds is 4. The number of thiazole rings is 1. The molecule has 0 saturated heterocycles. The van der Waals surface area contributed by atoms with Crippen molar-refractivity contribution in [2.24, 2.45) is 0 Å². The fourth-order valence-electron chi connectivity index (χ4n) is 1.51. The van der Waals surface area contributed by atoms with E-state index in [4.69, 9.17) is 16.7 Å². The summed E-state index contributed by atoms with van der Waals surface area (Å²) >= 11 is 7.00. The zero-order valence-electron chi connectivity index (χ0n) is 9.19. The van der Waals surface area contributed by atoms with E-state index >= 15 is 0 Å². The molecule has 0 aliphatic heterocycles. The van der Waals surface area contributed by atoms with Gasteiger partial charge in [0.1, 0.15) is 5.82 Å². The van der Waals surface area contributed by atoms with Crippen LogP contribution in [0.15, 0.2) is 23.6 Å². The smallest absolute Gasteiger partial charge is 0.309 e. The third-order valence-electron chi connectivity index (χ3n) is 2.30. The highest BCUT2D eigenvalue weighted by Crippen LogP contribution is 2.22. The van der Waals surface area contributed by atoms with Crippen molar-refractivity contribution in [1.82, 2.24) is 4.98 Å². The van der Waals surface area contributed by atoms with Crippen LogP contribution in [0.3, 0.4) is 0 Å². The second kappa shape index (κ2) is 5.46. The van der Waals surface area contributed by atoms with Gasteiger partial charge in [0, 0.05) is 11.8 Å². The van der Waals surface area contributed by atoms with Gasteiger partial charge in [-0.2, -0.15) is 0 Å². The molecular weight excluding hydrogens is 277 g/mol. The van der Waals surface area contributed by atoms with E-state index < -0.39 is 11.8 Å². The highest BCUT2D eigenvalue weighted by molar-refractivity contribution is 7.09. The van der Waals surface area contributed by atoms with Crippen LogP contribution in [0.2, 0.25) is 5.02 Å². The van der Waals surface area contributed by atoms with Gasteiger partial charge < -0.3 is 5.11 Å². The molecule has 0 atom stereocenters. The van der Waals surface area contributed by atoms with Gasteiger partial charge >= 0.3 is 5.97 Å². The normalized spacial score (nSPS) is 10.6. The maximum absolute atomic E-state index is 13.7. The highest BCUT2D eigenvalue weighted by atomic mass is 35.5. The Labute approximate surface area is 112 Å². The van der Waals surface area contributed by atoms with Gasteiger partial charge in [-0.15, -0.1) is 11.3 Å². The molecule has 0 fully saturated rings. The van der Waals surface area contributed by atoms with Crippen molar-refractivity contribution >= 4 is 28.9 Å². The topological polar surface area (TPSA) is 50.2 Å². The first-order valence-electron chi connectivity index (χ1n) is 5.14. The van der Waals surface area contributed by atoms with Gasteiger partial charge in [0.15, 0.2) is 0 Å². The van der Waals surface area contributed by atoms with Crippen molar-refractivity contribution in [1.29, 1.82) is 0 Å². The number of aromatic nitrogens is 1. The third-order valence-corrected chi connectivity index (χ3v) is 3.49. The second-order valence-corrected chi connectivity index (χ2v) is 5.04. The van der Waals surface area contributed by atoms with Gasteiger partial charge in [0.25, 0.3) is 0 Å². The lowest BCUT2D eigenvalue weighted by atomic mass is 10.1. The van der Waals surface area contributed by atoms with Crippen LogP contribution in [-0.4, -0.2) is 16.1 Å². The number of hydrogen-bond donors (Lipinski definition) is 1. The fraction of sp³-hybridized carbons (Fsp3) is 0.167. The minimum Gasteiger partial charge on any atom is -0.481 e. The molecule has 2 aromatic rings. The molecule has 94 valence electrons. The van der Waals surface area contributed by atoms with Crippen molar-refractivity contribution in [2.45, 2.75) is 12.8 Å². The van der Waals surface area contributed by atoms with E-state index in [-0.39, 0.29) is 11.4 Å². The van der Waals surface area contributed by atoms with Gasteiger partial charge in [0.2, 0.25) is 0 Å². The lowest BCUT2D eigenvalue weighted by molar-refractivity contribution is -0.136. The molecular formula is C12H9ClFNO2S. The third kappa shape index (κ3) is 3.05. The molecule has 0 saturated carbocycles. The first-order chi connectivity index (χ1) is 8.56. The van der Waals surface area contributed by atoms with E-state index in [1.165, 1.54) is 17.4 Å². The summed E-state index contributed by atoms with van der Waals surface area (Å²) in [4.78, 5) is 14.7. The van der Waals surface area contributed by atoms with Crippen molar-refractivity contribution in [3.8, 4) is 0 Å². The molecule has 3 nitrogen and oxygen atoms in total. The minimum atomic E-state index is -0.930. The van der Waals surface area contributed by atoms with Gasteiger partial charge in [-0.25, -0.2) is 9.37 Å². The van der Waals surface area contributed by atoms with Gasteiger partial charge in [-0.05, 0) is 11.6 Å². The largest absolute Gasteiger partial charge is 0.481 e. The molecule has 6 heteroatoms. The van der Waals surface area contributed by atoms with E-state index in [0.717, 1.165) is 0 Å². The fourth-order valence-corrected chi connectivity index (χ4v) is 2.53. The van der Waals surface area contributed by atoms with Crippen LogP contribution in [-0.2, 0) is 17.6 Å². The summed E-state index contributed by atoms with van der Waals surface area (Å²) in [5.41, 5.74) is 0.948. The second-order valence-electron chi connectivity index (χ2n) is 3.69. The molecule has 0 unspecified atom stereocenters. The number of carbonyl (C=O) groups is 1. The SMILES string of the molecule is O=C(O)Cc1csc(Cc2cccc(Cl)c2F)n1. The summed E-state index contributed by atoms with van der Waals surface area (Å²) in [6.45, 7) is 0. The summed E-state index contributed by atoms with van der Waals surface area (Å²) in [5, 5.41) is 11.1. The summed E-state index contributed by atoms with van der Waals surface area (Å²) in [6, 6.07) is 4.80. The lowest BCUT2D eigenvalue weighted by Gasteiger charge is -2.01. The number of carboxylic acids is 1. The van der Waals surface area contributed by atoms with Crippen LogP contribution in [0.25, 0.3) is 0 Å². The maximum atomic E-state index is 13.7. The molecule has 0 amide bonds. The summed E-state index contributed by atoms with van der Waals surface area (Å²) < 4.78 is 13.7. The molecule has 0 bridgehead atoms. The van der Waals surface area contributed by atoms with E-state index in [1.54, 1.807) is 17.5 Å². The van der Waals surface area contributed by atoms with Gasteiger partial charge in [-0.1, -0.05) is 23.7 Å². The Morgan fingerprint density at radius 3 is 3.00 bits per heavy atom. The Morgan fingerprint density at radius 2 is 2.28 bits per heavy atom. The minimum absolute atomic E-state index is 0.0785. The zero-order valence-corrected chi connectivity index (χ0v) is 10.8. The van der Waals surface area contributed by atoms with Crippen LogP contribution in [0.1, 0.15) is 16.3 Å². The molecule has 0 spiro atoms. The quantitative estimate of drug-likeness (QED) is 0.939. The van der Waals surface area contributed by atoms with Crippen molar-refractivity contribution in [2.75, 3.05) is 0 Å². The molecule has 1 heterocycles. The molecule has 18 heavy (non-hydrogen) atoms. The Hall–Kier alpha value is -1.46. The predicted octanol–water partition coefficient (Wildman–Crippen LogP) is 3.15. The van der Waals surface area contributed by atoms with E-state index in [0.29, 0.717) is 22.7 Å². The Morgan fingerprint density at radius 1 is 1.50 bits per heavy atom. The predicted molar refractivity (Wildman–Crippen MR) is 67.7 cm³/mol. The lowest BCUT2D eigenvalue weighted by Crippen LogP contribution is -2.00. The number of carboxylic acid groups (broad SMARTS) is 1. The first kappa shape index (κ1) is 13.0. The maximum Gasteiger partial charge on any atom is 0.309 e. The molecule has 0 aliphatic carbocycles. The number of halogens is 2. The number of hydrogen-bond acceptors (Lipinski definition) is 3.